The lowest BCUT2D eigenvalue weighted by Crippen LogP contribution is -2.10. The van der Waals surface area contributed by atoms with Gasteiger partial charge < -0.3 is 9.47 Å². The molecule has 0 radical (unpaired) electrons. The van der Waals surface area contributed by atoms with E-state index in [1.807, 2.05) is 0 Å². The number of nitrogens with zero attached hydrogens (tertiary/aromatic N) is 2. The summed E-state index contributed by atoms with van der Waals surface area (Å²) in [5.41, 5.74) is 15.4. The summed E-state index contributed by atoms with van der Waals surface area (Å²) in [6.07, 6.45) is 9.94. The van der Waals surface area contributed by atoms with Crippen molar-refractivity contribution in [1.82, 2.24) is 4.57 Å². The van der Waals surface area contributed by atoms with Crippen molar-refractivity contribution in [2.24, 2.45) is 0 Å². The van der Waals surface area contributed by atoms with Crippen LogP contribution in [0.3, 0.4) is 0 Å². The van der Waals surface area contributed by atoms with Crippen LogP contribution in [0.1, 0.15) is 17.9 Å². The zero-order valence-corrected chi connectivity index (χ0v) is 31.0. The Morgan fingerprint density at radius 2 is 1.02 bits per heavy atom. The SMILES string of the molecule is C1=CCC(c2ccc3c4ccccc4n(-c4ccccc4-c4ccc(N(c5ccc(-c6ccccc6)cc5)c5cccc(-c6ccccc6)c5)cc4)c3c2)C=C1. The number of rotatable bonds is 8. The van der Waals surface area contributed by atoms with Gasteiger partial charge in [0.2, 0.25) is 0 Å². The number of aromatic nitrogens is 1. The van der Waals surface area contributed by atoms with Crippen molar-refractivity contribution in [3.63, 3.8) is 0 Å². The molecule has 9 aromatic rings. The molecule has 0 saturated carbocycles. The van der Waals surface area contributed by atoms with Crippen LogP contribution in [0.25, 0.3) is 60.9 Å². The molecule has 56 heavy (non-hydrogen) atoms. The Hall–Kier alpha value is -7.16. The van der Waals surface area contributed by atoms with E-state index in [1.165, 1.54) is 66.4 Å². The molecule has 1 unspecified atom stereocenters. The van der Waals surface area contributed by atoms with Gasteiger partial charge in [-0.15, -0.1) is 0 Å². The number of benzene rings is 8. The van der Waals surface area contributed by atoms with E-state index in [2.05, 4.69) is 234 Å². The van der Waals surface area contributed by atoms with Gasteiger partial charge in [-0.1, -0.05) is 170 Å². The van der Waals surface area contributed by atoms with Crippen LogP contribution in [0.4, 0.5) is 17.1 Å². The zero-order valence-electron chi connectivity index (χ0n) is 31.0. The third-order valence-electron chi connectivity index (χ3n) is 11.1. The molecule has 0 aliphatic heterocycles. The van der Waals surface area contributed by atoms with Crippen molar-refractivity contribution in [3.8, 4) is 39.1 Å². The molecule has 266 valence electrons. The molecule has 0 bridgehead atoms. The van der Waals surface area contributed by atoms with Crippen molar-refractivity contribution >= 4 is 38.9 Å². The second-order valence-corrected chi connectivity index (χ2v) is 14.5. The molecule has 1 aliphatic carbocycles. The average Bonchev–Trinajstić information content (AvgIpc) is 3.61. The van der Waals surface area contributed by atoms with Crippen LogP contribution < -0.4 is 4.90 Å². The molecule has 1 aliphatic rings. The van der Waals surface area contributed by atoms with Gasteiger partial charge in [0.05, 0.1) is 16.7 Å². The van der Waals surface area contributed by atoms with E-state index in [-0.39, 0.29) is 0 Å². The van der Waals surface area contributed by atoms with Gasteiger partial charge in [-0.05, 0) is 94.4 Å². The first kappa shape index (κ1) is 33.4. The van der Waals surface area contributed by atoms with Gasteiger partial charge >= 0.3 is 0 Å². The van der Waals surface area contributed by atoms with Crippen molar-refractivity contribution in [1.29, 1.82) is 0 Å². The lowest BCUT2D eigenvalue weighted by atomic mass is 9.92. The van der Waals surface area contributed by atoms with Crippen LogP contribution in [-0.4, -0.2) is 4.57 Å². The maximum absolute atomic E-state index is 2.47. The zero-order chi connectivity index (χ0) is 37.3. The number of anilines is 3. The summed E-state index contributed by atoms with van der Waals surface area (Å²) in [5.74, 6) is 0.379. The third-order valence-corrected chi connectivity index (χ3v) is 11.1. The van der Waals surface area contributed by atoms with E-state index in [1.54, 1.807) is 0 Å². The Bertz CT molecular complexity index is 2860. The summed E-state index contributed by atoms with van der Waals surface area (Å²) in [5, 5.41) is 2.54. The molecule has 0 saturated heterocycles. The lowest BCUT2D eigenvalue weighted by molar-refractivity contribution is 0.855. The minimum absolute atomic E-state index is 0.379. The first-order valence-electron chi connectivity index (χ1n) is 19.5. The number of allylic oxidation sites excluding steroid dienone is 4. The standard InChI is InChI=1S/C54H40N2/c1-4-15-39(16-5-1)42-27-32-46(33-28-42)55(48-22-14-21-44(37-48)40-17-6-2-7-18-40)47-34-29-43(30-35-47)49-23-10-12-25-52(49)56-53-26-13-11-24-50(53)51-36-31-45(38-54(51)56)41-19-8-3-9-20-41/h1-19,21-38,41H,20H2. The Morgan fingerprint density at radius 1 is 0.411 bits per heavy atom. The summed E-state index contributed by atoms with van der Waals surface area (Å²) in [4.78, 5) is 2.36. The monoisotopic (exact) mass is 716 g/mol. The molecule has 2 nitrogen and oxygen atoms in total. The predicted molar refractivity (Wildman–Crippen MR) is 237 cm³/mol. The van der Waals surface area contributed by atoms with Crippen molar-refractivity contribution in [3.05, 3.63) is 230 Å². The molecule has 0 N–H and O–H groups in total. The molecule has 8 aromatic carbocycles. The van der Waals surface area contributed by atoms with Gasteiger partial charge in [0, 0.05) is 39.3 Å². The minimum Gasteiger partial charge on any atom is -0.310 e. The Labute approximate surface area is 328 Å². The van der Waals surface area contributed by atoms with Crippen molar-refractivity contribution in [2.45, 2.75) is 12.3 Å². The van der Waals surface area contributed by atoms with Crippen LogP contribution in [0.2, 0.25) is 0 Å². The summed E-state index contributed by atoms with van der Waals surface area (Å²) in [6, 6.07) is 72.7. The van der Waals surface area contributed by atoms with E-state index >= 15 is 0 Å². The highest BCUT2D eigenvalue weighted by Crippen LogP contribution is 2.41. The number of para-hydroxylation sites is 2. The van der Waals surface area contributed by atoms with Gasteiger partial charge in [-0.3, -0.25) is 0 Å². The highest BCUT2D eigenvalue weighted by Gasteiger charge is 2.19. The summed E-state index contributed by atoms with van der Waals surface area (Å²) in [6.45, 7) is 0. The van der Waals surface area contributed by atoms with Crippen LogP contribution in [-0.2, 0) is 0 Å². The maximum atomic E-state index is 2.47. The first-order valence-corrected chi connectivity index (χ1v) is 19.5. The van der Waals surface area contributed by atoms with E-state index < -0.39 is 0 Å². The minimum atomic E-state index is 0.379. The molecular weight excluding hydrogens is 677 g/mol. The normalized spacial score (nSPS) is 13.7. The summed E-state index contributed by atoms with van der Waals surface area (Å²) >= 11 is 0. The van der Waals surface area contributed by atoms with Crippen molar-refractivity contribution in [2.75, 3.05) is 4.90 Å². The van der Waals surface area contributed by atoms with Crippen LogP contribution >= 0.6 is 0 Å². The molecular formula is C54H40N2. The number of hydrogen-bond donors (Lipinski definition) is 0. The fourth-order valence-corrected chi connectivity index (χ4v) is 8.34. The molecule has 2 heteroatoms. The summed E-state index contributed by atoms with van der Waals surface area (Å²) < 4.78 is 2.47. The molecule has 0 amide bonds. The van der Waals surface area contributed by atoms with Gasteiger partial charge in [0.25, 0.3) is 0 Å². The molecule has 0 fully saturated rings. The van der Waals surface area contributed by atoms with Crippen LogP contribution in [0.15, 0.2) is 224 Å². The number of fused-ring (bicyclic) bond motifs is 3. The van der Waals surface area contributed by atoms with Crippen molar-refractivity contribution < 1.29 is 0 Å². The fraction of sp³-hybridized carbons (Fsp3) is 0.0370. The van der Waals surface area contributed by atoms with E-state index in [4.69, 9.17) is 0 Å². The Kier molecular flexibility index (Phi) is 8.70. The van der Waals surface area contributed by atoms with Crippen LogP contribution in [0, 0.1) is 0 Å². The van der Waals surface area contributed by atoms with Gasteiger partial charge in [0.15, 0.2) is 0 Å². The topological polar surface area (TPSA) is 8.17 Å². The number of hydrogen-bond acceptors (Lipinski definition) is 1. The largest absolute Gasteiger partial charge is 0.310 e. The Balaban J connectivity index is 1.08. The maximum Gasteiger partial charge on any atom is 0.0544 e. The van der Waals surface area contributed by atoms with E-state index in [9.17, 15) is 0 Å². The lowest BCUT2D eigenvalue weighted by Gasteiger charge is -2.26. The third kappa shape index (κ3) is 6.22. The molecule has 10 rings (SSSR count). The van der Waals surface area contributed by atoms with Crippen LogP contribution in [0.5, 0.6) is 0 Å². The second-order valence-electron chi connectivity index (χ2n) is 14.5. The van der Waals surface area contributed by atoms with E-state index in [0.717, 1.165) is 23.5 Å². The first-order chi connectivity index (χ1) is 27.8. The quantitative estimate of drug-likeness (QED) is 0.152. The predicted octanol–water partition coefficient (Wildman–Crippen LogP) is 14.9. The van der Waals surface area contributed by atoms with Gasteiger partial charge in [-0.25, -0.2) is 0 Å². The summed E-state index contributed by atoms with van der Waals surface area (Å²) in [7, 11) is 0. The Morgan fingerprint density at radius 3 is 1.75 bits per heavy atom. The second kappa shape index (κ2) is 14.6. The molecule has 1 heterocycles. The molecule has 1 atom stereocenters. The average molecular weight is 717 g/mol. The highest BCUT2D eigenvalue weighted by molar-refractivity contribution is 6.10. The molecule has 0 spiro atoms. The fourth-order valence-electron chi connectivity index (χ4n) is 8.34. The van der Waals surface area contributed by atoms with Gasteiger partial charge in [0.1, 0.15) is 0 Å². The van der Waals surface area contributed by atoms with E-state index in [0.29, 0.717) is 5.92 Å². The highest BCUT2D eigenvalue weighted by atomic mass is 15.1. The smallest absolute Gasteiger partial charge is 0.0544 e. The molecule has 1 aromatic heterocycles. The van der Waals surface area contributed by atoms with Gasteiger partial charge in [-0.2, -0.15) is 0 Å².